The van der Waals surface area contributed by atoms with Crippen LogP contribution in [0.3, 0.4) is 0 Å². The van der Waals surface area contributed by atoms with Crippen LogP contribution in [0.4, 0.5) is 0 Å². The zero-order valence-electron chi connectivity index (χ0n) is 9.98. The number of piperidine rings is 1. The van der Waals surface area contributed by atoms with Gasteiger partial charge in [-0.05, 0) is 44.9 Å². The van der Waals surface area contributed by atoms with Crippen molar-refractivity contribution in [3.63, 3.8) is 0 Å². The number of ether oxygens (including phenoxy) is 1. The average molecular weight is 225 g/mol. The van der Waals surface area contributed by atoms with Crippen LogP contribution in [0, 0.1) is 0 Å². The minimum Gasteiger partial charge on any atom is -0.393 e. The van der Waals surface area contributed by atoms with Crippen molar-refractivity contribution >= 4 is 0 Å². The van der Waals surface area contributed by atoms with E-state index in [0.29, 0.717) is 18.2 Å². The van der Waals surface area contributed by atoms with Gasteiger partial charge in [0.25, 0.3) is 0 Å². The number of hydrogen-bond donors (Lipinski definition) is 1. The molecular weight excluding hydrogens is 202 g/mol. The molecule has 3 atom stereocenters. The third-order valence-corrected chi connectivity index (χ3v) is 4.59. The van der Waals surface area contributed by atoms with E-state index in [9.17, 15) is 5.11 Å². The number of hydrogen-bond acceptors (Lipinski definition) is 3. The highest BCUT2D eigenvalue weighted by molar-refractivity contribution is 4.95. The fourth-order valence-electron chi connectivity index (χ4n) is 3.78. The van der Waals surface area contributed by atoms with E-state index in [4.69, 9.17) is 4.74 Å². The van der Waals surface area contributed by atoms with Gasteiger partial charge in [0.15, 0.2) is 0 Å². The van der Waals surface area contributed by atoms with E-state index < -0.39 is 0 Å². The van der Waals surface area contributed by atoms with Gasteiger partial charge in [-0.1, -0.05) is 0 Å². The van der Waals surface area contributed by atoms with Crippen molar-refractivity contribution in [1.82, 2.24) is 4.90 Å². The summed E-state index contributed by atoms with van der Waals surface area (Å²) in [5, 5.41) is 9.74. The highest BCUT2D eigenvalue weighted by Gasteiger charge is 2.39. The molecule has 0 aromatic heterocycles. The first kappa shape index (κ1) is 11.0. The molecule has 0 saturated carbocycles. The van der Waals surface area contributed by atoms with Crippen LogP contribution in [0.5, 0.6) is 0 Å². The number of nitrogens with zero attached hydrogens (tertiary/aromatic N) is 1. The number of aliphatic hydroxyl groups excluding tert-OH is 1. The SMILES string of the molecule is OC1CC2CCC(C1)N2CCC1CCCO1. The molecule has 3 heterocycles. The summed E-state index contributed by atoms with van der Waals surface area (Å²) in [7, 11) is 0. The smallest absolute Gasteiger partial charge is 0.0588 e. The van der Waals surface area contributed by atoms with E-state index in [1.54, 1.807) is 0 Å². The number of aliphatic hydroxyl groups is 1. The molecule has 3 saturated heterocycles. The maximum absolute atomic E-state index is 9.74. The molecule has 0 amide bonds. The quantitative estimate of drug-likeness (QED) is 0.791. The Morgan fingerprint density at radius 3 is 2.50 bits per heavy atom. The predicted octanol–water partition coefficient (Wildman–Crippen LogP) is 1.54. The van der Waals surface area contributed by atoms with Gasteiger partial charge in [0.05, 0.1) is 12.2 Å². The minimum atomic E-state index is -0.0310. The zero-order chi connectivity index (χ0) is 11.0. The van der Waals surface area contributed by atoms with Crippen molar-refractivity contribution in [2.75, 3.05) is 13.2 Å². The Hall–Kier alpha value is -0.120. The van der Waals surface area contributed by atoms with Crippen LogP contribution in [0.25, 0.3) is 0 Å². The summed E-state index contributed by atoms with van der Waals surface area (Å²) in [6.45, 7) is 2.16. The molecule has 0 aliphatic carbocycles. The second kappa shape index (κ2) is 4.63. The van der Waals surface area contributed by atoms with Crippen molar-refractivity contribution < 1.29 is 9.84 Å². The standard InChI is InChI=1S/C13H23NO2/c15-12-8-10-3-4-11(9-12)14(10)6-5-13-2-1-7-16-13/h10-13,15H,1-9H2. The Morgan fingerprint density at radius 2 is 1.88 bits per heavy atom. The van der Waals surface area contributed by atoms with Crippen molar-refractivity contribution in [2.45, 2.75) is 69.2 Å². The Labute approximate surface area is 97.8 Å². The van der Waals surface area contributed by atoms with E-state index in [1.165, 1.54) is 38.6 Å². The van der Waals surface area contributed by atoms with Gasteiger partial charge in [0.1, 0.15) is 0 Å². The molecule has 0 aromatic rings. The highest BCUT2D eigenvalue weighted by Crippen LogP contribution is 2.36. The maximum atomic E-state index is 9.74. The van der Waals surface area contributed by atoms with Crippen LogP contribution in [0.15, 0.2) is 0 Å². The lowest BCUT2D eigenvalue weighted by atomic mass is 9.99. The molecule has 3 nitrogen and oxygen atoms in total. The first-order valence-corrected chi connectivity index (χ1v) is 6.88. The Balaban J connectivity index is 1.51. The Kier molecular flexibility index (Phi) is 3.18. The molecule has 3 unspecified atom stereocenters. The van der Waals surface area contributed by atoms with Gasteiger partial charge in [0, 0.05) is 25.2 Å². The molecule has 3 heteroatoms. The third kappa shape index (κ3) is 2.13. The lowest BCUT2D eigenvalue weighted by molar-refractivity contribution is 0.0229. The van der Waals surface area contributed by atoms with E-state index in [2.05, 4.69) is 4.90 Å². The summed E-state index contributed by atoms with van der Waals surface area (Å²) in [5.41, 5.74) is 0. The largest absolute Gasteiger partial charge is 0.393 e. The maximum Gasteiger partial charge on any atom is 0.0588 e. The molecule has 2 bridgehead atoms. The topological polar surface area (TPSA) is 32.7 Å². The van der Waals surface area contributed by atoms with E-state index in [-0.39, 0.29) is 6.10 Å². The molecule has 1 N–H and O–H groups in total. The summed E-state index contributed by atoms with van der Waals surface area (Å²) >= 11 is 0. The monoisotopic (exact) mass is 225 g/mol. The highest BCUT2D eigenvalue weighted by atomic mass is 16.5. The number of fused-ring (bicyclic) bond motifs is 2. The van der Waals surface area contributed by atoms with Gasteiger partial charge in [-0.15, -0.1) is 0 Å². The summed E-state index contributed by atoms with van der Waals surface area (Å²) < 4.78 is 5.68. The van der Waals surface area contributed by atoms with Crippen LogP contribution in [-0.4, -0.2) is 47.4 Å². The van der Waals surface area contributed by atoms with Crippen LogP contribution < -0.4 is 0 Å². The van der Waals surface area contributed by atoms with Gasteiger partial charge >= 0.3 is 0 Å². The molecule has 3 aliphatic heterocycles. The summed E-state index contributed by atoms with van der Waals surface area (Å²) in [6.07, 6.45) is 8.79. The van der Waals surface area contributed by atoms with Crippen LogP contribution >= 0.6 is 0 Å². The summed E-state index contributed by atoms with van der Waals surface area (Å²) in [5.74, 6) is 0. The molecule has 0 radical (unpaired) electrons. The molecule has 0 spiro atoms. The van der Waals surface area contributed by atoms with Crippen molar-refractivity contribution in [2.24, 2.45) is 0 Å². The van der Waals surface area contributed by atoms with E-state index >= 15 is 0 Å². The van der Waals surface area contributed by atoms with Gasteiger partial charge in [-0.25, -0.2) is 0 Å². The second-order valence-corrected chi connectivity index (χ2v) is 5.67. The predicted molar refractivity (Wildman–Crippen MR) is 62.3 cm³/mol. The lowest BCUT2D eigenvalue weighted by Crippen LogP contribution is -2.45. The molecule has 3 rings (SSSR count). The fraction of sp³-hybridized carbons (Fsp3) is 1.00. The second-order valence-electron chi connectivity index (χ2n) is 5.67. The fourth-order valence-corrected chi connectivity index (χ4v) is 3.78. The Bertz CT molecular complexity index is 226. The van der Waals surface area contributed by atoms with Crippen molar-refractivity contribution in [1.29, 1.82) is 0 Å². The third-order valence-electron chi connectivity index (χ3n) is 4.59. The first-order valence-electron chi connectivity index (χ1n) is 6.88. The van der Waals surface area contributed by atoms with Gasteiger partial charge in [-0.3, -0.25) is 4.90 Å². The Morgan fingerprint density at radius 1 is 1.12 bits per heavy atom. The van der Waals surface area contributed by atoms with Gasteiger partial charge < -0.3 is 9.84 Å². The minimum absolute atomic E-state index is 0.0310. The van der Waals surface area contributed by atoms with E-state index in [0.717, 1.165) is 19.4 Å². The van der Waals surface area contributed by atoms with Crippen LogP contribution in [0.1, 0.15) is 44.9 Å². The molecule has 16 heavy (non-hydrogen) atoms. The summed E-state index contributed by atoms with van der Waals surface area (Å²) in [6, 6.07) is 1.32. The van der Waals surface area contributed by atoms with Crippen molar-refractivity contribution in [3.8, 4) is 0 Å². The van der Waals surface area contributed by atoms with Crippen LogP contribution in [-0.2, 0) is 4.74 Å². The average Bonchev–Trinajstić information content (AvgIpc) is 2.83. The molecule has 0 aromatic carbocycles. The molecule has 3 aliphatic rings. The van der Waals surface area contributed by atoms with Crippen LogP contribution in [0.2, 0.25) is 0 Å². The van der Waals surface area contributed by atoms with E-state index in [1.807, 2.05) is 0 Å². The van der Waals surface area contributed by atoms with Gasteiger partial charge in [0.2, 0.25) is 0 Å². The summed E-state index contributed by atoms with van der Waals surface area (Å²) in [4.78, 5) is 2.65. The van der Waals surface area contributed by atoms with Crippen molar-refractivity contribution in [3.05, 3.63) is 0 Å². The first-order chi connectivity index (χ1) is 7.83. The zero-order valence-corrected chi connectivity index (χ0v) is 9.98. The normalized spacial score (nSPS) is 44.1. The van der Waals surface area contributed by atoms with Gasteiger partial charge in [-0.2, -0.15) is 0 Å². The molecular formula is C13H23NO2. The molecule has 3 fully saturated rings. The number of rotatable bonds is 3. The molecule has 92 valence electrons. The lowest BCUT2D eigenvalue weighted by Gasteiger charge is -2.37.